The molecule has 0 aliphatic carbocycles. The zero-order valence-electron chi connectivity index (χ0n) is 16.4. The zero-order chi connectivity index (χ0) is 20.5. The highest BCUT2D eigenvalue weighted by Gasteiger charge is 2.21. The Morgan fingerprint density at radius 3 is 2.34 bits per heavy atom. The summed E-state index contributed by atoms with van der Waals surface area (Å²) in [6, 6.07) is 16.8. The predicted octanol–water partition coefficient (Wildman–Crippen LogP) is 2.22. The van der Waals surface area contributed by atoms with Gasteiger partial charge in [-0.25, -0.2) is 0 Å². The van der Waals surface area contributed by atoms with Crippen molar-refractivity contribution >= 4 is 23.4 Å². The number of carbonyl (C=O) groups excluding carboxylic acids is 2. The molecule has 0 spiro atoms. The third-order valence-electron chi connectivity index (χ3n) is 4.86. The number of nitrogens with one attached hydrogen (secondary N) is 1. The first-order valence-electron chi connectivity index (χ1n) is 9.79. The fourth-order valence-corrected chi connectivity index (χ4v) is 3.30. The first-order valence-corrected chi connectivity index (χ1v) is 10.2. The third-order valence-corrected chi connectivity index (χ3v) is 5.11. The van der Waals surface area contributed by atoms with Gasteiger partial charge in [0.1, 0.15) is 12.4 Å². The first-order chi connectivity index (χ1) is 14.1. The van der Waals surface area contributed by atoms with Crippen LogP contribution in [0.25, 0.3) is 0 Å². The van der Waals surface area contributed by atoms with Crippen molar-refractivity contribution in [3.63, 3.8) is 0 Å². The van der Waals surface area contributed by atoms with E-state index in [1.165, 1.54) is 0 Å². The van der Waals surface area contributed by atoms with Gasteiger partial charge in [-0.2, -0.15) is 0 Å². The number of ether oxygens (including phenoxy) is 1. The SMILES string of the molecule is O=C(Cc1ccccc1)NCC(=O)N1CCN(CCOc2ccc(Cl)cc2)CC1. The Balaban J connectivity index is 1.30. The van der Waals surface area contributed by atoms with Crippen molar-refractivity contribution in [2.45, 2.75) is 6.42 Å². The first kappa shape index (κ1) is 21.1. The van der Waals surface area contributed by atoms with Gasteiger partial charge in [-0.05, 0) is 29.8 Å². The van der Waals surface area contributed by atoms with Crippen molar-refractivity contribution in [2.24, 2.45) is 0 Å². The lowest BCUT2D eigenvalue weighted by Gasteiger charge is -2.34. The number of halogens is 1. The summed E-state index contributed by atoms with van der Waals surface area (Å²) < 4.78 is 5.72. The molecule has 0 unspecified atom stereocenters. The number of benzene rings is 2. The minimum absolute atomic E-state index is 0.0384. The summed E-state index contributed by atoms with van der Waals surface area (Å²) in [5, 5.41) is 3.41. The van der Waals surface area contributed by atoms with E-state index < -0.39 is 0 Å². The van der Waals surface area contributed by atoms with E-state index in [4.69, 9.17) is 16.3 Å². The van der Waals surface area contributed by atoms with Crippen molar-refractivity contribution < 1.29 is 14.3 Å². The van der Waals surface area contributed by atoms with Gasteiger partial charge < -0.3 is 15.0 Å². The van der Waals surface area contributed by atoms with E-state index in [-0.39, 0.29) is 24.8 Å². The normalized spacial score (nSPS) is 14.4. The summed E-state index contributed by atoms with van der Waals surface area (Å²) >= 11 is 5.86. The number of hydrogen-bond acceptors (Lipinski definition) is 4. The maximum absolute atomic E-state index is 12.3. The Morgan fingerprint density at radius 2 is 1.66 bits per heavy atom. The molecule has 1 N–H and O–H groups in total. The van der Waals surface area contributed by atoms with Crippen LogP contribution in [0.5, 0.6) is 5.75 Å². The van der Waals surface area contributed by atoms with Crippen LogP contribution < -0.4 is 10.1 Å². The summed E-state index contributed by atoms with van der Waals surface area (Å²) in [5.74, 6) is 0.625. The number of amides is 2. The Hall–Kier alpha value is -2.57. The van der Waals surface area contributed by atoms with Crippen molar-refractivity contribution in [1.82, 2.24) is 15.1 Å². The summed E-state index contributed by atoms with van der Waals surface area (Å²) in [5.41, 5.74) is 0.937. The Bertz CT molecular complexity index is 791. The number of hydrogen-bond donors (Lipinski definition) is 1. The molecule has 6 nitrogen and oxygen atoms in total. The Kier molecular flexibility index (Phi) is 7.90. The van der Waals surface area contributed by atoms with Gasteiger partial charge in [-0.1, -0.05) is 41.9 Å². The molecule has 3 rings (SSSR count). The fourth-order valence-electron chi connectivity index (χ4n) is 3.17. The maximum Gasteiger partial charge on any atom is 0.242 e. The Labute approximate surface area is 176 Å². The molecule has 154 valence electrons. The van der Waals surface area contributed by atoms with Crippen LogP contribution >= 0.6 is 11.6 Å². The van der Waals surface area contributed by atoms with E-state index in [9.17, 15) is 9.59 Å². The van der Waals surface area contributed by atoms with E-state index in [2.05, 4.69) is 10.2 Å². The molecule has 1 aliphatic heterocycles. The molecule has 0 radical (unpaired) electrons. The third kappa shape index (κ3) is 7.07. The number of piperazine rings is 1. The van der Waals surface area contributed by atoms with Gasteiger partial charge in [-0.15, -0.1) is 0 Å². The minimum Gasteiger partial charge on any atom is -0.492 e. The summed E-state index contributed by atoms with van der Waals surface area (Å²) in [4.78, 5) is 28.4. The molecular formula is C22H26ClN3O3. The van der Waals surface area contributed by atoms with Crippen LogP contribution in [0, 0.1) is 0 Å². The van der Waals surface area contributed by atoms with Gasteiger partial charge in [0.15, 0.2) is 0 Å². The number of rotatable bonds is 8. The molecule has 1 heterocycles. The molecule has 7 heteroatoms. The van der Waals surface area contributed by atoms with E-state index in [1.807, 2.05) is 42.5 Å². The van der Waals surface area contributed by atoms with Crippen molar-refractivity contribution in [3.8, 4) is 5.75 Å². The second-order valence-corrected chi connectivity index (χ2v) is 7.40. The molecular weight excluding hydrogens is 390 g/mol. The molecule has 2 aromatic carbocycles. The highest BCUT2D eigenvalue weighted by atomic mass is 35.5. The van der Waals surface area contributed by atoms with Crippen LogP contribution in [0.2, 0.25) is 5.02 Å². The Morgan fingerprint density at radius 1 is 0.966 bits per heavy atom. The smallest absolute Gasteiger partial charge is 0.242 e. The van der Waals surface area contributed by atoms with E-state index >= 15 is 0 Å². The van der Waals surface area contributed by atoms with E-state index in [1.54, 1.807) is 17.0 Å². The van der Waals surface area contributed by atoms with Crippen molar-refractivity contribution in [3.05, 3.63) is 65.2 Å². The van der Waals surface area contributed by atoms with Gasteiger partial charge in [0.05, 0.1) is 13.0 Å². The average molecular weight is 416 g/mol. The summed E-state index contributed by atoms with van der Waals surface area (Å²) in [6.07, 6.45) is 0.287. The van der Waals surface area contributed by atoms with Crippen LogP contribution in [0.1, 0.15) is 5.56 Å². The van der Waals surface area contributed by atoms with Crippen LogP contribution in [0.15, 0.2) is 54.6 Å². The number of carbonyl (C=O) groups is 2. The van der Waals surface area contributed by atoms with Crippen molar-refractivity contribution in [1.29, 1.82) is 0 Å². The van der Waals surface area contributed by atoms with Gasteiger partial charge >= 0.3 is 0 Å². The summed E-state index contributed by atoms with van der Waals surface area (Å²) in [6.45, 7) is 4.36. The second-order valence-electron chi connectivity index (χ2n) is 6.96. The van der Waals surface area contributed by atoms with Gasteiger partial charge in [0.2, 0.25) is 11.8 Å². The molecule has 29 heavy (non-hydrogen) atoms. The van der Waals surface area contributed by atoms with Crippen molar-refractivity contribution in [2.75, 3.05) is 45.9 Å². The van der Waals surface area contributed by atoms with Crippen LogP contribution in [0.3, 0.4) is 0 Å². The minimum atomic E-state index is -0.137. The van der Waals surface area contributed by atoms with Gasteiger partial charge in [-0.3, -0.25) is 14.5 Å². The zero-order valence-corrected chi connectivity index (χ0v) is 17.1. The maximum atomic E-state index is 12.3. The van der Waals surface area contributed by atoms with Gasteiger partial charge in [0.25, 0.3) is 0 Å². The number of nitrogens with zero attached hydrogens (tertiary/aromatic N) is 2. The predicted molar refractivity (Wildman–Crippen MR) is 113 cm³/mol. The van der Waals surface area contributed by atoms with Gasteiger partial charge in [0, 0.05) is 37.7 Å². The molecule has 2 amide bonds. The largest absolute Gasteiger partial charge is 0.492 e. The van der Waals surface area contributed by atoms with Crippen LogP contribution in [0.4, 0.5) is 0 Å². The standard InChI is InChI=1S/C22H26ClN3O3/c23-19-6-8-20(9-7-19)29-15-14-25-10-12-26(13-11-25)22(28)17-24-21(27)16-18-4-2-1-3-5-18/h1-9H,10-17H2,(H,24,27). The lowest BCUT2D eigenvalue weighted by molar-refractivity contribution is -0.134. The molecule has 1 fully saturated rings. The highest BCUT2D eigenvalue weighted by molar-refractivity contribution is 6.30. The molecule has 2 aromatic rings. The lowest BCUT2D eigenvalue weighted by Crippen LogP contribution is -2.51. The van der Waals surface area contributed by atoms with Crippen LogP contribution in [-0.4, -0.2) is 67.5 Å². The lowest BCUT2D eigenvalue weighted by atomic mass is 10.1. The van der Waals surface area contributed by atoms with Crippen LogP contribution in [-0.2, 0) is 16.0 Å². The molecule has 0 bridgehead atoms. The average Bonchev–Trinajstić information content (AvgIpc) is 2.75. The molecule has 0 aromatic heterocycles. The van der Waals surface area contributed by atoms with E-state index in [0.717, 1.165) is 30.9 Å². The fraction of sp³-hybridized carbons (Fsp3) is 0.364. The quantitative estimate of drug-likeness (QED) is 0.718. The second kappa shape index (κ2) is 10.8. The summed E-state index contributed by atoms with van der Waals surface area (Å²) in [7, 11) is 0. The molecule has 0 atom stereocenters. The van der Waals surface area contributed by atoms with E-state index in [0.29, 0.717) is 24.7 Å². The molecule has 0 saturated carbocycles. The molecule has 1 saturated heterocycles. The molecule has 1 aliphatic rings. The monoisotopic (exact) mass is 415 g/mol. The highest BCUT2D eigenvalue weighted by Crippen LogP contribution is 2.15. The topological polar surface area (TPSA) is 61.9 Å².